The molecule has 0 amide bonds. The van der Waals surface area contributed by atoms with E-state index in [2.05, 4.69) is 9.80 Å². The molecular weight excluding hydrogens is 309 g/mol. The second-order valence-corrected chi connectivity index (χ2v) is 6.11. The third-order valence-electron chi connectivity index (χ3n) is 4.31. The Labute approximate surface area is 140 Å². The van der Waals surface area contributed by atoms with Crippen LogP contribution in [-0.2, 0) is 13.1 Å². The highest BCUT2D eigenvalue weighted by atomic mass is 19.1. The lowest BCUT2D eigenvalue weighted by Crippen LogP contribution is -2.45. The topological polar surface area (TPSA) is 49.6 Å². The predicted molar refractivity (Wildman–Crippen MR) is 90.1 cm³/mol. The van der Waals surface area contributed by atoms with Crippen LogP contribution in [0.25, 0.3) is 0 Å². The fraction of sp³-hybridized carbons (Fsp3) is 0.333. The molecule has 1 aliphatic rings. The van der Waals surface area contributed by atoms with Gasteiger partial charge in [-0.05, 0) is 23.3 Å². The molecule has 2 aromatic rings. The average Bonchev–Trinajstić information content (AvgIpc) is 2.57. The van der Waals surface area contributed by atoms with Gasteiger partial charge in [-0.25, -0.2) is 4.39 Å². The van der Waals surface area contributed by atoms with E-state index in [0.29, 0.717) is 0 Å². The van der Waals surface area contributed by atoms with Crippen molar-refractivity contribution in [2.45, 2.75) is 13.1 Å². The summed E-state index contributed by atoms with van der Waals surface area (Å²) in [5.74, 6) is -0.190. The molecule has 1 aliphatic heterocycles. The zero-order chi connectivity index (χ0) is 16.9. The summed E-state index contributed by atoms with van der Waals surface area (Å²) in [6.45, 7) is 5.31. The van der Waals surface area contributed by atoms with Gasteiger partial charge in [-0.3, -0.25) is 19.9 Å². The number of non-ortho nitro benzene ring substituents is 1. The van der Waals surface area contributed by atoms with E-state index < -0.39 is 0 Å². The molecule has 0 saturated carbocycles. The van der Waals surface area contributed by atoms with E-state index >= 15 is 0 Å². The molecule has 126 valence electrons. The number of nitro benzene ring substituents is 1. The summed E-state index contributed by atoms with van der Waals surface area (Å²) in [4.78, 5) is 15.0. The number of rotatable bonds is 5. The second-order valence-electron chi connectivity index (χ2n) is 6.11. The first-order valence-electron chi connectivity index (χ1n) is 8.02. The third kappa shape index (κ3) is 4.37. The number of benzene rings is 2. The molecule has 0 atom stereocenters. The Bertz CT molecular complexity index is 698. The first kappa shape index (κ1) is 16.5. The van der Waals surface area contributed by atoms with Crippen LogP contribution in [0.1, 0.15) is 11.1 Å². The molecule has 1 saturated heterocycles. The van der Waals surface area contributed by atoms with Crippen LogP contribution in [-0.4, -0.2) is 40.9 Å². The summed E-state index contributed by atoms with van der Waals surface area (Å²) in [6.07, 6.45) is 0. The van der Waals surface area contributed by atoms with E-state index in [4.69, 9.17) is 0 Å². The highest BCUT2D eigenvalue weighted by Crippen LogP contribution is 2.15. The molecule has 3 rings (SSSR count). The van der Waals surface area contributed by atoms with Crippen LogP contribution in [0.15, 0.2) is 48.5 Å². The van der Waals surface area contributed by atoms with E-state index in [1.165, 1.54) is 6.07 Å². The van der Waals surface area contributed by atoms with Crippen molar-refractivity contribution >= 4 is 5.69 Å². The zero-order valence-electron chi connectivity index (χ0n) is 13.4. The number of hydrogen-bond donors (Lipinski definition) is 0. The van der Waals surface area contributed by atoms with Crippen molar-refractivity contribution in [2.24, 2.45) is 0 Å². The van der Waals surface area contributed by atoms with E-state index in [0.717, 1.165) is 50.4 Å². The molecule has 0 aromatic heterocycles. The minimum atomic E-state index is -0.380. The lowest BCUT2D eigenvalue weighted by Gasteiger charge is -2.34. The molecule has 0 radical (unpaired) electrons. The van der Waals surface area contributed by atoms with Gasteiger partial charge in [-0.2, -0.15) is 0 Å². The Kier molecular flexibility index (Phi) is 5.17. The summed E-state index contributed by atoms with van der Waals surface area (Å²) in [7, 11) is 0. The van der Waals surface area contributed by atoms with Gasteiger partial charge < -0.3 is 0 Å². The van der Waals surface area contributed by atoms with E-state index in [1.807, 2.05) is 18.2 Å². The number of nitrogens with zero attached hydrogens (tertiary/aromatic N) is 3. The third-order valence-corrected chi connectivity index (χ3v) is 4.31. The molecule has 0 bridgehead atoms. The first-order chi connectivity index (χ1) is 11.6. The molecular formula is C18H20FN3O2. The van der Waals surface area contributed by atoms with Crippen LogP contribution < -0.4 is 0 Å². The summed E-state index contributed by atoms with van der Waals surface area (Å²) in [5.41, 5.74) is 2.21. The van der Waals surface area contributed by atoms with Gasteiger partial charge in [0.2, 0.25) is 0 Å². The highest BCUT2D eigenvalue weighted by Gasteiger charge is 2.17. The summed E-state index contributed by atoms with van der Waals surface area (Å²) in [5, 5.41) is 10.7. The summed E-state index contributed by atoms with van der Waals surface area (Å²) < 4.78 is 13.2. The van der Waals surface area contributed by atoms with Crippen molar-refractivity contribution < 1.29 is 9.31 Å². The molecule has 6 heteroatoms. The van der Waals surface area contributed by atoms with Crippen LogP contribution in [0.4, 0.5) is 10.1 Å². The van der Waals surface area contributed by atoms with Crippen LogP contribution in [0.5, 0.6) is 0 Å². The highest BCUT2D eigenvalue weighted by molar-refractivity contribution is 5.32. The Morgan fingerprint density at radius 1 is 0.917 bits per heavy atom. The maximum atomic E-state index is 13.2. The Balaban J connectivity index is 1.49. The monoisotopic (exact) mass is 329 g/mol. The quantitative estimate of drug-likeness (QED) is 0.625. The number of piperazine rings is 1. The molecule has 5 nitrogen and oxygen atoms in total. The number of hydrogen-bond acceptors (Lipinski definition) is 4. The van der Waals surface area contributed by atoms with Crippen LogP contribution in [0, 0.1) is 15.9 Å². The van der Waals surface area contributed by atoms with Crippen molar-refractivity contribution in [1.29, 1.82) is 0 Å². The van der Waals surface area contributed by atoms with Crippen molar-refractivity contribution in [3.63, 3.8) is 0 Å². The van der Waals surface area contributed by atoms with Crippen molar-refractivity contribution in [2.75, 3.05) is 26.2 Å². The molecule has 0 N–H and O–H groups in total. The van der Waals surface area contributed by atoms with Gasteiger partial charge in [0.1, 0.15) is 5.82 Å². The van der Waals surface area contributed by atoms with Crippen LogP contribution in [0.2, 0.25) is 0 Å². The predicted octanol–water partition coefficient (Wildman–Crippen LogP) is 3.05. The van der Waals surface area contributed by atoms with E-state index in [-0.39, 0.29) is 16.4 Å². The average molecular weight is 329 g/mol. The van der Waals surface area contributed by atoms with Crippen molar-refractivity contribution in [3.8, 4) is 0 Å². The van der Waals surface area contributed by atoms with Gasteiger partial charge >= 0.3 is 0 Å². The minimum Gasteiger partial charge on any atom is -0.297 e. The fourth-order valence-corrected chi connectivity index (χ4v) is 2.98. The van der Waals surface area contributed by atoms with Gasteiger partial charge in [0.15, 0.2) is 0 Å². The molecule has 0 unspecified atom stereocenters. The zero-order valence-corrected chi connectivity index (χ0v) is 13.4. The van der Waals surface area contributed by atoms with Crippen LogP contribution in [0.3, 0.4) is 0 Å². The van der Waals surface area contributed by atoms with E-state index in [9.17, 15) is 14.5 Å². The fourth-order valence-electron chi connectivity index (χ4n) is 2.98. The Hall–Kier alpha value is -2.31. The van der Waals surface area contributed by atoms with Crippen molar-refractivity contribution in [1.82, 2.24) is 9.80 Å². The largest absolute Gasteiger partial charge is 0.297 e. The minimum absolute atomic E-state index is 0.124. The summed E-state index contributed by atoms with van der Waals surface area (Å²) >= 11 is 0. The standard InChI is InChI=1S/C18H20FN3O2/c19-17-3-1-2-16(12-17)14-21-10-8-20(9-11-21)13-15-4-6-18(7-5-15)22(23)24/h1-7,12H,8-11,13-14H2. The SMILES string of the molecule is O=[N+]([O-])c1ccc(CN2CCN(Cc3cccc(F)c3)CC2)cc1. The van der Waals surface area contributed by atoms with Gasteiger partial charge in [-0.15, -0.1) is 0 Å². The molecule has 24 heavy (non-hydrogen) atoms. The lowest BCUT2D eigenvalue weighted by atomic mass is 10.1. The maximum absolute atomic E-state index is 13.2. The van der Waals surface area contributed by atoms with E-state index in [1.54, 1.807) is 24.3 Å². The summed E-state index contributed by atoms with van der Waals surface area (Å²) in [6, 6.07) is 13.5. The van der Waals surface area contributed by atoms with Crippen LogP contribution >= 0.6 is 0 Å². The lowest BCUT2D eigenvalue weighted by molar-refractivity contribution is -0.384. The first-order valence-corrected chi connectivity index (χ1v) is 8.02. The normalized spacial score (nSPS) is 16.2. The molecule has 2 aromatic carbocycles. The number of nitro groups is 1. The molecule has 0 spiro atoms. The van der Waals surface area contributed by atoms with Gasteiger partial charge in [0.05, 0.1) is 4.92 Å². The molecule has 1 heterocycles. The second kappa shape index (κ2) is 7.51. The Morgan fingerprint density at radius 3 is 2.04 bits per heavy atom. The maximum Gasteiger partial charge on any atom is 0.269 e. The van der Waals surface area contributed by atoms with Gasteiger partial charge in [0.25, 0.3) is 5.69 Å². The van der Waals surface area contributed by atoms with Gasteiger partial charge in [0, 0.05) is 51.4 Å². The van der Waals surface area contributed by atoms with Crippen molar-refractivity contribution in [3.05, 3.63) is 75.6 Å². The van der Waals surface area contributed by atoms with Gasteiger partial charge in [-0.1, -0.05) is 24.3 Å². The molecule has 1 fully saturated rings. The number of halogens is 1. The molecule has 0 aliphatic carbocycles. The smallest absolute Gasteiger partial charge is 0.269 e. The Morgan fingerprint density at radius 2 is 1.50 bits per heavy atom.